The predicted octanol–water partition coefficient (Wildman–Crippen LogP) is 5.60. The van der Waals surface area contributed by atoms with Crippen LogP contribution in [0.2, 0.25) is 10.0 Å². The first-order chi connectivity index (χ1) is 18.0. The van der Waals surface area contributed by atoms with E-state index in [1.807, 2.05) is 32.9 Å². The second-order valence-corrected chi connectivity index (χ2v) is 9.51. The van der Waals surface area contributed by atoms with Crippen molar-refractivity contribution in [2.45, 2.75) is 20.8 Å². The fraction of sp³-hybridized carbons (Fsp3) is 0.143. The number of carbonyl (C=O) groups is 4. The monoisotopic (exact) mass is 551 g/mol. The molecular weight excluding hydrogens is 529 g/mol. The molecule has 3 aromatic carbocycles. The van der Waals surface area contributed by atoms with Gasteiger partial charge in [-0.15, -0.1) is 0 Å². The van der Waals surface area contributed by atoms with E-state index in [-0.39, 0.29) is 28.0 Å². The first kappa shape index (κ1) is 26.9. The maximum Gasteiger partial charge on any atom is 0.335 e. The van der Waals surface area contributed by atoms with Gasteiger partial charge in [0.1, 0.15) is 5.57 Å². The van der Waals surface area contributed by atoms with Crippen LogP contribution in [-0.4, -0.2) is 30.4 Å². The number of ether oxygens (including phenoxy) is 1. The summed E-state index contributed by atoms with van der Waals surface area (Å²) in [7, 11) is 0. The number of anilines is 2. The number of halogens is 2. The number of hydrogen-bond donors (Lipinski definition) is 2. The van der Waals surface area contributed by atoms with Gasteiger partial charge in [-0.25, -0.2) is 9.69 Å². The number of nitrogens with one attached hydrogen (secondary N) is 2. The summed E-state index contributed by atoms with van der Waals surface area (Å²) in [6.45, 7) is 5.28. The molecule has 0 radical (unpaired) electrons. The maximum absolute atomic E-state index is 13.2. The number of urea groups is 1. The number of benzene rings is 3. The molecule has 1 heterocycles. The number of hydrogen-bond acceptors (Lipinski definition) is 5. The van der Waals surface area contributed by atoms with Gasteiger partial charge in [0.25, 0.3) is 17.7 Å². The van der Waals surface area contributed by atoms with Crippen LogP contribution in [0.4, 0.5) is 16.2 Å². The van der Waals surface area contributed by atoms with E-state index in [0.717, 1.165) is 21.6 Å². The Morgan fingerprint density at radius 1 is 0.947 bits per heavy atom. The molecule has 8 nitrogen and oxygen atoms in total. The molecule has 0 spiro atoms. The highest BCUT2D eigenvalue weighted by Crippen LogP contribution is 2.35. The Morgan fingerprint density at radius 2 is 1.63 bits per heavy atom. The Kier molecular flexibility index (Phi) is 7.85. The van der Waals surface area contributed by atoms with Crippen LogP contribution in [0.5, 0.6) is 5.75 Å². The molecule has 10 heteroatoms. The zero-order chi connectivity index (χ0) is 27.6. The summed E-state index contributed by atoms with van der Waals surface area (Å²) in [5.41, 5.74) is 3.80. The highest BCUT2D eigenvalue weighted by Gasteiger charge is 2.37. The Bertz CT molecular complexity index is 1490. The lowest BCUT2D eigenvalue weighted by Gasteiger charge is -2.27. The number of rotatable bonds is 6. The summed E-state index contributed by atoms with van der Waals surface area (Å²) in [6.07, 6.45) is 1.28. The van der Waals surface area contributed by atoms with E-state index < -0.39 is 23.8 Å². The van der Waals surface area contributed by atoms with Crippen LogP contribution in [0.15, 0.2) is 60.2 Å². The lowest BCUT2D eigenvalue weighted by Crippen LogP contribution is -2.54. The SMILES string of the molecule is Cc1ccc(N2C(=O)NC(=O)/C(=C/c3cc(Cl)c(OCC(=O)Nc4ccccc4C)c(Cl)c3)C2=O)cc1C. The number of carbonyl (C=O) groups excluding carboxylic acids is 4. The average molecular weight is 552 g/mol. The molecule has 5 amide bonds. The van der Waals surface area contributed by atoms with Crippen LogP contribution >= 0.6 is 23.2 Å². The molecule has 4 rings (SSSR count). The van der Waals surface area contributed by atoms with Crippen molar-refractivity contribution < 1.29 is 23.9 Å². The molecule has 2 N–H and O–H groups in total. The molecule has 1 saturated heterocycles. The van der Waals surface area contributed by atoms with Gasteiger partial charge >= 0.3 is 6.03 Å². The first-order valence-corrected chi connectivity index (χ1v) is 12.3. The lowest BCUT2D eigenvalue weighted by atomic mass is 10.0. The van der Waals surface area contributed by atoms with E-state index in [2.05, 4.69) is 10.6 Å². The highest BCUT2D eigenvalue weighted by atomic mass is 35.5. The number of aryl methyl sites for hydroxylation is 3. The number of barbiturate groups is 1. The van der Waals surface area contributed by atoms with Gasteiger partial charge in [-0.3, -0.25) is 19.7 Å². The summed E-state index contributed by atoms with van der Waals surface area (Å²) in [5.74, 6) is -1.97. The average Bonchev–Trinajstić information content (AvgIpc) is 2.85. The minimum absolute atomic E-state index is 0.0683. The molecular formula is C28H23Cl2N3O5. The van der Waals surface area contributed by atoms with Gasteiger partial charge in [0, 0.05) is 5.69 Å². The van der Waals surface area contributed by atoms with Crippen molar-refractivity contribution in [2.24, 2.45) is 0 Å². The second-order valence-electron chi connectivity index (χ2n) is 8.69. The summed E-state index contributed by atoms with van der Waals surface area (Å²) in [4.78, 5) is 51.4. The molecule has 0 aliphatic carbocycles. The third-order valence-corrected chi connectivity index (χ3v) is 6.51. The van der Waals surface area contributed by atoms with Crippen molar-refractivity contribution in [2.75, 3.05) is 16.8 Å². The zero-order valence-corrected chi connectivity index (χ0v) is 22.2. The largest absolute Gasteiger partial charge is 0.481 e. The molecule has 1 aliphatic heterocycles. The van der Waals surface area contributed by atoms with Crippen LogP contribution in [-0.2, 0) is 14.4 Å². The Balaban J connectivity index is 1.54. The fourth-order valence-corrected chi connectivity index (χ4v) is 4.37. The molecule has 0 unspecified atom stereocenters. The first-order valence-electron chi connectivity index (χ1n) is 11.5. The van der Waals surface area contributed by atoms with Crippen molar-refractivity contribution in [1.82, 2.24) is 5.32 Å². The molecule has 0 atom stereocenters. The minimum atomic E-state index is -0.847. The van der Waals surface area contributed by atoms with E-state index >= 15 is 0 Å². The smallest absolute Gasteiger partial charge is 0.335 e. The van der Waals surface area contributed by atoms with E-state index in [0.29, 0.717) is 16.9 Å². The molecule has 0 saturated carbocycles. The topological polar surface area (TPSA) is 105 Å². The Morgan fingerprint density at radius 3 is 2.29 bits per heavy atom. The summed E-state index contributed by atoms with van der Waals surface area (Å²) in [6, 6.07) is 14.4. The molecule has 0 bridgehead atoms. The van der Waals surface area contributed by atoms with Gasteiger partial charge in [0.05, 0.1) is 15.7 Å². The quantitative estimate of drug-likeness (QED) is 0.306. The number of nitrogens with zero attached hydrogens (tertiary/aromatic N) is 1. The van der Waals surface area contributed by atoms with Gasteiger partial charge in [-0.1, -0.05) is 47.5 Å². The van der Waals surface area contributed by atoms with Crippen molar-refractivity contribution in [1.29, 1.82) is 0 Å². The van der Waals surface area contributed by atoms with Gasteiger partial charge in [-0.05, 0) is 79.4 Å². The Hall–Kier alpha value is -4.14. The third kappa shape index (κ3) is 5.72. The number of para-hydroxylation sites is 1. The highest BCUT2D eigenvalue weighted by molar-refractivity contribution is 6.40. The molecule has 1 aliphatic rings. The summed E-state index contributed by atoms with van der Waals surface area (Å²) >= 11 is 12.7. The second kappa shape index (κ2) is 11.1. The van der Waals surface area contributed by atoms with Crippen LogP contribution < -0.4 is 20.3 Å². The van der Waals surface area contributed by atoms with Gasteiger partial charge in [-0.2, -0.15) is 0 Å². The molecule has 0 aromatic heterocycles. The summed E-state index contributed by atoms with van der Waals surface area (Å²) < 4.78 is 5.54. The summed E-state index contributed by atoms with van der Waals surface area (Å²) in [5, 5.41) is 5.07. The van der Waals surface area contributed by atoms with Gasteiger partial charge in [0.2, 0.25) is 0 Å². The van der Waals surface area contributed by atoms with Crippen LogP contribution in [0.25, 0.3) is 6.08 Å². The predicted molar refractivity (Wildman–Crippen MR) is 147 cm³/mol. The zero-order valence-electron chi connectivity index (χ0n) is 20.7. The molecule has 38 heavy (non-hydrogen) atoms. The fourth-order valence-electron chi connectivity index (χ4n) is 3.76. The Labute approximate surface area is 229 Å². The third-order valence-electron chi connectivity index (χ3n) is 5.95. The van der Waals surface area contributed by atoms with Gasteiger partial charge in [0.15, 0.2) is 12.4 Å². The standard InChI is InChI=1S/C28H23Cl2N3O5/c1-15-8-9-19(10-17(15)3)33-27(36)20(26(35)32-28(33)37)11-18-12-21(29)25(22(30)13-18)38-14-24(34)31-23-7-5-4-6-16(23)2/h4-13H,14H2,1-3H3,(H,31,34)(H,32,35,37)/b20-11-. The van der Waals surface area contributed by atoms with E-state index in [1.54, 1.807) is 30.3 Å². The lowest BCUT2D eigenvalue weighted by molar-refractivity contribution is -0.122. The van der Waals surface area contributed by atoms with Gasteiger partial charge < -0.3 is 10.1 Å². The van der Waals surface area contributed by atoms with E-state index in [1.165, 1.54) is 18.2 Å². The van der Waals surface area contributed by atoms with E-state index in [9.17, 15) is 19.2 Å². The van der Waals surface area contributed by atoms with Crippen molar-refractivity contribution >= 4 is 64.4 Å². The van der Waals surface area contributed by atoms with Crippen molar-refractivity contribution in [3.8, 4) is 5.75 Å². The van der Waals surface area contributed by atoms with Crippen LogP contribution in [0.1, 0.15) is 22.3 Å². The van der Waals surface area contributed by atoms with Crippen molar-refractivity contribution in [3.63, 3.8) is 0 Å². The normalized spacial score (nSPS) is 14.5. The van der Waals surface area contributed by atoms with Crippen molar-refractivity contribution in [3.05, 3.63) is 92.5 Å². The molecule has 3 aromatic rings. The number of imide groups is 2. The minimum Gasteiger partial charge on any atom is -0.481 e. The van der Waals surface area contributed by atoms with Crippen LogP contribution in [0.3, 0.4) is 0 Å². The molecule has 1 fully saturated rings. The van der Waals surface area contributed by atoms with E-state index in [4.69, 9.17) is 27.9 Å². The number of amides is 5. The van der Waals surface area contributed by atoms with Crippen LogP contribution in [0, 0.1) is 20.8 Å². The maximum atomic E-state index is 13.2. The molecule has 194 valence electrons.